The largest absolute Gasteiger partial charge is 0.494 e. The van der Waals surface area contributed by atoms with Crippen molar-refractivity contribution in [1.29, 1.82) is 0 Å². The number of carbonyl (C=O) groups is 1. The number of ether oxygens (including phenoxy) is 3. The Morgan fingerprint density at radius 3 is 2.60 bits per heavy atom. The van der Waals surface area contributed by atoms with Crippen molar-refractivity contribution < 1.29 is 19.0 Å². The lowest BCUT2D eigenvalue weighted by atomic mass is 9.95. The number of esters is 1. The molecule has 0 spiro atoms. The van der Waals surface area contributed by atoms with Crippen molar-refractivity contribution in [2.24, 2.45) is 0 Å². The predicted molar refractivity (Wildman–Crippen MR) is 157 cm³/mol. The quantitative estimate of drug-likeness (QED) is 0.172. The summed E-state index contributed by atoms with van der Waals surface area (Å²) in [6, 6.07) is 10.6. The van der Waals surface area contributed by atoms with Crippen molar-refractivity contribution >= 4 is 34.3 Å². The summed E-state index contributed by atoms with van der Waals surface area (Å²) in [4.78, 5) is 21.0. The summed E-state index contributed by atoms with van der Waals surface area (Å²) in [5, 5.41) is 7.28. The van der Waals surface area contributed by atoms with Crippen molar-refractivity contribution in [3.8, 4) is 5.75 Å². The van der Waals surface area contributed by atoms with Gasteiger partial charge in [-0.25, -0.2) is 9.97 Å². The second-order valence-electron chi connectivity index (χ2n) is 10.9. The molecule has 3 aromatic rings. The van der Waals surface area contributed by atoms with E-state index in [9.17, 15) is 4.79 Å². The van der Waals surface area contributed by atoms with Gasteiger partial charge in [0.25, 0.3) is 0 Å². The first-order valence-electron chi connectivity index (χ1n) is 15.0. The average Bonchev–Trinajstić information content (AvgIpc) is 3.43. The van der Waals surface area contributed by atoms with E-state index < -0.39 is 0 Å². The van der Waals surface area contributed by atoms with Crippen LogP contribution in [-0.2, 0) is 14.3 Å². The topological polar surface area (TPSA) is 99.5 Å². The molecule has 2 aliphatic rings. The summed E-state index contributed by atoms with van der Waals surface area (Å²) in [5.41, 5.74) is 3.73. The molecule has 1 atom stereocenters. The normalized spacial score (nSPS) is 18.0. The van der Waals surface area contributed by atoms with Crippen LogP contribution in [-0.4, -0.2) is 46.9 Å². The number of methoxy groups -OCH3 is 1. The van der Waals surface area contributed by atoms with E-state index >= 15 is 0 Å². The van der Waals surface area contributed by atoms with Crippen LogP contribution in [0.2, 0.25) is 0 Å². The van der Waals surface area contributed by atoms with Crippen LogP contribution in [0, 0.1) is 0 Å². The number of fused-ring (bicyclic) bond motifs is 1. The van der Waals surface area contributed by atoms with Gasteiger partial charge >= 0.3 is 5.97 Å². The van der Waals surface area contributed by atoms with E-state index in [2.05, 4.69) is 26.0 Å². The molecule has 0 radical (unpaired) electrons. The molecule has 40 heavy (non-hydrogen) atoms. The Morgan fingerprint density at radius 1 is 1.02 bits per heavy atom. The Kier molecular flexibility index (Phi) is 10.1. The van der Waals surface area contributed by atoms with Gasteiger partial charge in [0.05, 0.1) is 25.7 Å². The molecule has 3 heterocycles. The Morgan fingerprint density at radius 2 is 1.82 bits per heavy atom. The van der Waals surface area contributed by atoms with E-state index in [4.69, 9.17) is 19.4 Å². The molecule has 1 saturated carbocycles. The second-order valence-corrected chi connectivity index (χ2v) is 10.9. The van der Waals surface area contributed by atoms with Gasteiger partial charge in [-0.3, -0.25) is 9.36 Å². The average molecular weight is 550 g/mol. The number of nitrogens with zero attached hydrogens (tertiary/aromatic N) is 3. The Balaban J connectivity index is 1.23. The first kappa shape index (κ1) is 28.2. The third-order valence-corrected chi connectivity index (χ3v) is 7.86. The third-order valence-electron chi connectivity index (χ3n) is 7.86. The maximum absolute atomic E-state index is 11.2. The molecule has 5 rings (SSSR count). The molecule has 0 amide bonds. The van der Waals surface area contributed by atoms with E-state index in [0.29, 0.717) is 19.1 Å². The number of hydrogen-bond donors (Lipinski definition) is 2. The first-order chi connectivity index (χ1) is 19.7. The molecule has 1 aliphatic heterocycles. The Bertz CT molecular complexity index is 1220. The minimum absolute atomic E-state index is 0.0201. The molecule has 216 valence electrons. The molecule has 1 saturated heterocycles. The number of rotatable bonds is 13. The van der Waals surface area contributed by atoms with E-state index in [-0.39, 0.29) is 12.2 Å². The summed E-state index contributed by atoms with van der Waals surface area (Å²) in [6.45, 7) is 1.44. The fourth-order valence-corrected chi connectivity index (χ4v) is 5.60. The lowest BCUT2D eigenvalue weighted by Crippen LogP contribution is -2.22. The zero-order chi connectivity index (χ0) is 27.6. The third kappa shape index (κ3) is 7.65. The zero-order valence-electron chi connectivity index (χ0n) is 23.7. The first-order valence-corrected chi connectivity index (χ1v) is 15.0. The predicted octanol–water partition coefficient (Wildman–Crippen LogP) is 7.12. The number of pyridine rings is 1. The van der Waals surface area contributed by atoms with Crippen molar-refractivity contribution in [2.45, 2.75) is 95.7 Å². The number of unbranched alkanes of at least 4 members (excludes halogenated alkanes) is 3. The van der Waals surface area contributed by atoms with Crippen molar-refractivity contribution in [3.05, 3.63) is 36.7 Å². The van der Waals surface area contributed by atoms with E-state index in [1.54, 1.807) is 0 Å². The number of aromatic nitrogens is 3. The van der Waals surface area contributed by atoms with Gasteiger partial charge in [-0.2, -0.15) is 0 Å². The SMILES string of the molecule is COC(=O)CCCCCCOc1ccc(Nc2cc(NC3CCCCC3)c3ncn(C4CCCCO4)c3n2)cc1. The van der Waals surface area contributed by atoms with Gasteiger partial charge in [0.2, 0.25) is 0 Å². The van der Waals surface area contributed by atoms with Gasteiger partial charge in [0.15, 0.2) is 5.65 Å². The summed E-state index contributed by atoms with van der Waals surface area (Å²) in [6.07, 6.45) is 15.7. The second kappa shape index (κ2) is 14.3. The molecule has 9 nitrogen and oxygen atoms in total. The maximum Gasteiger partial charge on any atom is 0.305 e. The highest BCUT2D eigenvalue weighted by Crippen LogP contribution is 2.33. The van der Waals surface area contributed by atoms with Crippen LogP contribution in [0.5, 0.6) is 5.75 Å². The Labute approximate surface area is 237 Å². The fourth-order valence-electron chi connectivity index (χ4n) is 5.60. The molecular weight excluding hydrogens is 506 g/mol. The molecule has 2 fully saturated rings. The van der Waals surface area contributed by atoms with Crippen molar-refractivity contribution in [3.63, 3.8) is 0 Å². The van der Waals surface area contributed by atoms with E-state index in [0.717, 1.165) is 85.7 Å². The lowest BCUT2D eigenvalue weighted by Gasteiger charge is -2.25. The number of hydrogen-bond acceptors (Lipinski definition) is 8. The summed E-state index contributed by atoms with van der Waals surface area (Å²) in [5.74, 6) is 1.49. The zero-order valence-corrected chi connectivity index (χ0v) is 23.7. The lowest BCUT2D eigenvalue weighted by molar-refractivity contribution is -0.140. The Hall–Kier alpha value is -3.33. The number of nitrogens with one attached hydrogen (secondary N) is 2. The van der Waals surface area contributed by atoms with Gasteiger partial charge in [-0.1, -0.05) is 32.1 Å². The summed E-state index contributed by atoms with van der Waals surface area (Å²) < 4.78 is 18.8. The van der Waals surface area contributed by atoms with Crippen LogP contribution in [0.1, 0.15) is 89.7 Å². The standard InChI is InChI=1S/C31H43N5O4/c1-38-29(37)14-7-2-3-9-19-39-25-17-15-24(16-18-25)34-27-21-26(33-23-11-5-4-6-12-23)30-31(35-27)36(22-32-30)28-13-8-10-20-40-28/h15-18,21-23,28H,2-14,19-20H2,1H3,(H2,33,34,35). The van der Waals surface area contributed by atoms with Crippen LogP contribution in [0.25, 0.3) is 11.2 Å². The minimum Gasteiger partial charge on any atom is -0.494 e. The number of carbonyl (C=O) groups excluding carboxylic acids is 1. The highest BCUT2D eigenvalue weighted by Gasteiger charge is 2.22. The molecule has 0 bridgehead atoms. The maximum atomic E-state index is 11.2. The van der Waals surface area contributed by atoms with Crippen LogP contribution in [0.3, 0.4) is 0 Å². The smallest absolute Gasteiger partial charge is 0.305 e. The molecule has 1 aromatic carbocycles. The highest BCUT2D eigenvalue weighted by molar-refractivity contribution is 5.88. The molecule has 9 heteroatoms. The number of anilines is 3. The van der Waals surface area contributed by atoms with Gasteiger partial charge in [-0.15, -0.1) is 0 Å². The fraction of sp³-hybridized carbons (Fsp3) is 0.581. The van der Waals surface area contributed by atoms with Crippen molar-refractivity contribution in [1.82, 2.24) is 14.5 Å². The number of imidazole rings is 1. The number of benzene rings is 1. The van der Waals surface area contributed by atoms with Gasteiger partial charge in [0.1, 0.15) is 23.3 Å². The molecule has 1 aliphatic carbocycles. The van der Waals surface area contributed by atoms with Crippen LogP contribution >= 0.6 is 0 Å². The molecular formula is C31H43N5O4. The van der Waals surface area contributed by atoms with Gasteiger partial charge in [-0.05, 0) is 69.2 Å². The van der Waals surface area contributed by atoms with Gasteiger partial charge < -0.3 is 24.8 Å². The monoisotopic (exact) mass is 549 g/mol. The van der Waals surface area contributed by atoms with Gasteiger partial charge in [0, 0.05) is 30.8 Å². The molecule has 2 N–H and O–H groups in total. The van der Waals surface area contributed by atoms with Crippen molar-refractivity contribution in [2.75, 3.05) is 31.0 Å². The van der Waals surface area contributed by atoms with E-state index in [1.165, 1.54) is 39.2 Å². The molecule has 2 aromatic heterocycles. The van der Waals surface area contributed by atoms with Crippen LogP contribution < -0.4 is 15.4 Å². The summed E-state index contributed by atoms with van der Waals surface area (Å²) >= 11 is 0. The van der Waals surface area contributed by atoms with E-state index in [1.807, 2.05) is 30.6 Å². The molecule has 1 unspecified atom stereocenters. The highest BCUT2D eigenvalue weighted by atomic mass is 16.5. The van der Waals surface area contributed by atoms with Crippen LogP contribution in [0.15, 0.2) is 36.7 Å². The van der Waals surface area contributed by atoms with Crippen LogP contribution in [0.4, 0.5) is 17.2 Å². The summed E-state index contributed by atoms with van der Waals surface area (Å²) in [7, 11) is 1.43. The minimum atomic E-state index is -0.138.